The van der Waals surface area contributed by atoms with Gasteiger partial charge in [0.25, 0.3) is 0 Å². The maximum Gasteiger partial charge on any atom is 0.320 e. The van der Waals surface area contributed by atoms with Gasteiger partial charge in [-0.2, -0.15) is 0 Å². The highest BCUT2D eigenvalue weighted by Gasteiger charge is 2.29. The fourth-order valence-corrected chi connectivity index (χ4v) is 2.69. The van der Waals surface area contributed by atoms with Gasteiger partial charge in [-0.1, -0.05) is 56.3 Å². The summed E-state index contributed by atoms with van der Waals surface area (Å²) in [5.74, 6) is 0.156. The van der Waals surface area contributed by atoms with Crippen molar-refractivity contribution < 1.29 is 9.59 Å². The molecule has 6 nitrogen and oxygen atoms in total. The van der Waals surface area contributed by atoms with Gasteiger partial charge in [0, 0.05) is 18.3 Å². The molecular formula is C22H31ClN4O2. The summed E-state index contributed by atoms with van der Waals surface area (Å²) >= 11 is 0. The highest BCUT2D eigenvalue weighted by Crippen LogP contribution is 2.17. The highest BCUT2D eigenvalue weighted by molar-refractivity contribution is 5.95. The summed E-state index contributed by atoms with van der Waals surface area (Å²) in [7, 11) is 0. The molecule has 1 atom stereocenters. The van der Waals surface area contributed by atoms with Gasteiger partial charge in [0.05, 0.1) is 0 Å². The van der Waals surface area contributed by atoms with Gasteiger partial charge in [0.1, 0.15) is 5.54 Å². The Morgan fingerprint density at radius 1 is 0.966 bits per heavy atom. The molecule has 2 aromatic rings. The normalized spacial score (nSPS) is 11.9. The van der Waals surface area contributed by atoms with Crippen molar-refractivity contribution in [1.29, 1.82) is 0 Å². The molecule has 0 aliphatic heterocycles. The summed E-state index contributed by atoms with van der Waals surface area (Å²) in [4.78, 5) is 24.7. The molecule has 29 heavy (non-hydrogen) atoms. The van der Waals surface area contributed by atoms with Gasteiger partial charge >= 0.3 is 6.03 Å². The first-order chi connectivity index (χ1) is 13.2. The molecule has 0 radical (unpaired) electrons. The van der Waals surface area contributed by atoms with E-state index in [9.17, 15) is 9.59 Å². The number of carbonyl (C=O) groups is 2. The third-order valence-corrected chi connectivity index (χ3v) is 4.54. The Morgan fingerprint density at radius 2 is 1.52 bits per heavy atom. The molecule has 3 amide bonds. The SMILES string of the molecule is CC(C)c1ccc(C(N)CNC(=O)C(C)(C)NC(=O)Nc2ccccc2)cc1.Cl. The Labute approximate surface area is 179 Å². The van der Waals surface area contributed by atoms with E-state index >= 15 is 0 Å². The zero-order valence-corrected chi connectivity index (χ0v) is 18.2. The first-order valence-corrected chi connectivity index (χ1v) is 9.47. The summed E-state index contributed by atoms with van der Waals surface area (Å²) < 4.78 is 0. The van der Waals surface area contributed by atoms with Crippen LogP contribution in [0.25, 0.3) is 0 Å². The minimum absolute atomic E-state index is 0. The van der Waals surface area contributed by atoms with Gasteiger partial charge < -0.3 is 21.7 Å². The molecule has 2 aromatic carbocycles. The van der Waals surface area contributed by atoms with Gasteiger partial charge in [-0.3, -0.25) is 4.79 Å². The van der Waals surface area contributed by atoms with Crippen LogP contribution in [0.3, 0.4) is 0 Å². The zero-order valence-electron chi connectivity index (χ0n) is 17.4. The van der Waals surface area contributed by atoms with Gasteiger partial charge in [-0.25, -0.2) is 4.79 Å². The van der Waals surface area contributed by atoms with Crippen LogP contribution in [0.1, 0.15) is 50.8 Å². The van der Waals surface area contributed by atoms with Crippen molar-refractivity contribution in [2.75, 3.05) is 11.9 Å². The molecule has 5 N–H and O–H groups in total. The number of benzene rings is 2. The smallest absolute Gasteiger partial charge is 0.320 e. The Hall–Kier alpha value is -2.57. The number of urea groups is 1. The summed E-state index contributed by atoms with van der Waals surface area (Å²) in [5, 5.41) is 8.21. The average molecular weight is 419 g/mol. The molecule has 0 aromatic heterocycles. The standard InChI is InChI=1S/C22H30N4O2.ClH/c1-15(2)16-10-12-17(13-11-16)19(23)14-24-20(27)22(3,4)26-21(28)25-18-8-6-5-7-9-18;/h5-13,15,19H,14,23H2,1-4H3,(H,24,27)(H2,25,26,28);1H. The second kappa shape index (κ2) is 10.8. The Bertz CT molecular complexity index is 792. The average Bonchev–Trinajstić information content (AvgIpc) is 2.66. The van der Waals surface area contributed by atoms with Crippen molar-refractivity contribution in [3.63, 3.8) is 0 Å². The van der Waals surface area contributed by atoms with Crippen LogP contribution in [0, 0.1) is 0 Å². The van der Waals surface area contributed by atoms with Crippen LogP contribution < -0.4 is 21.7 Å². The number of hydrogen-bond acceptors (Lipinski definition) is 3. The predicted molar refractivity (Wildman–Crippen MR) is 120 cm³/mol. The Balaban J connectivity index is 0.00000420. The van der Waals surface area contributed by atoms with E-state index in [-0.39, 0.29) is 30.9 Å². The Morgan fingerprint density at radius 3 is 2.07 bits per heavy atom. The fraction of sp³-hybridized carbons (Fsp3) is 0.364. The quantitative estimate of drug-likeness (QED) is 0.548. The molecule has 7 heteroatoms. The van der Waals surface area contributed by atoms with E-state index in [1.807, 2.05) is 30.3 Å². The molecule has 158 valence electrons. The lowest BCUT2D eigenvalue weighted by Gasteiger charge is -2.26. The molecule has 0 fully saturated rings. The number of nitrogens with one attached hydrogen (secondary N) is 3. The molecule has 0 spiro atoms. The zero-order chi connectivity index (χ0) is 20.7. The number of halogens is 1. The molecule has 1 unspecified atom stereocenters. The third-order valence-electron chi connectivity index (χ3n) is 4.54. The van der Waals surface area contributed by atoms with Crippen LogP contribution in [-0.2, 0) is 4.79 Å². The van der Waals surface area contributed by atoms with Crippen molar-refractivity contribution in [2.24, 2.45) is 5.73 Å². The molecule has 2 rings (SSSR count). The van der Waals surface area contributed by atoms with Crippen LogP contribution in [-0.4, -0.2) is 24.0 Å². The molecule has 0 aliphatic rings. The summed E-state index contributed by atoms with van der Waals surface area (Å²) in [5.41, 5.74) is 7.98. The number of carbonyl (C=O) groups excluding carboxylic acids is 2. The lowest BCUT2D eigenvalue weighted by Crippen LogP contribution is -2.56. The van der Waals surface area contributed by atoms with E-state index in [1.54, 1.807) is 26.0 Å². The minimum Gasteiger partial charge on any atom is -0.352 e. The van der Waals surface area contributed by atoms with Crippen molar-refractivity contribution in [1.82, 2.24) is 10.6 Å². The molecule has 0 saturated heterocycles. The first-order valence-electron chi connectivity index (χ1n) is 9.47. The number of rotatable bonds is 7. The van der Waals surface area contributed by atoms with Gasteiger partial charge in [-0.05, 0) is 43.0 Å². The second-order valence-corrected chi connectivity index (χ2v) is 7.71. The van der Waals surface area contributed by atoms with Crippen LogP contribution in [0.5, 0.6) is 0 Å². The predicted octanol–water partition coefficient (Wildman–Crippen LogP) is 3.95. The van der Waals surface area contributed by atoms with Crippen LogP contribution in [0.15, 0.2) is 54.6 Å². The summed E-state index contributed by atoms with van der Waals surface area (Å²) in [6, 6.07) is 16.4. The largest absolute Gasteiger partial charge is 0.352 e. The van der Waals surface area contributed by atoms with Gasteiger partial charge in [-0.15, -0.1) is 12.4 Å². The van der Waals surface area contributed by atoms with E-state index < -0.39 is 11.6 Å². The fourth-order valence-electron chi connectivity index (χ4n) is 2.69. The van der Waals surface area contributed by atoms with Crippen molar-refractivity contribution >= 4 is 30.0 Å². The molecule has 0 bridgehead atoms. The summed E-state index contributed by atoms with van der Waals surface area (Å²) in [6.45, 7) is 7.85. The van der Waals surface area contributed by atoms with E-state index in [2.05, 4.69) is 41.9 Å². The number of anilines is 1. The first kappa shape index (κ1) is 24.5. The van der Waals surface area contributed by atoms with Gasteiger partial charge in [0.2, 0.25) is 5.91 Å². The topological polar surface area (TPSA) is 96.2 Å². The van der Waals surface area contributed by atoms with E-state index in [0.717, 1.165) is 5.56 Å². The van der Waals surface area contributed by atoms with Gasteiger partial charge in [0.15, 0.2) is 0 Å². The molecule has 0 aliphatic carbocycles. The van der Waals surface area contributed by atoms with E-state index in [1.165, 1.54) is 5.56 Å². The van der Waals surface area contributed by atoms with E-state index in [4.69, 9.17) is 5.73 Å². The molecule has 0 heterocycles. The van der Waals surface area contributed by atoms with Crippen LogP contribution in [0.4, 0.5) is 10.5 Å². The number of nitrogens with two attached hydrogens (primary N) is 1. The van der Waals surface area contributed by atoms with Crippen molar-refractivity contribution in [3.05, 3.63) is 65.7 Å². The van der Waals surface area contributed by atoms with Crippen molar-refractivity contribution in [3.8, 4) is 0 Å². The maximum absolute atomic E-state index is 12.5. The number of hydrogen-bond donors (Lipinski definition) is 4. The van der Waals surface area contributed by atoms with Crippen LogP contribution in [0.2, 0.25) is 0 Å². The van der Waals surface area contributed by atoms with Crippen LogP contribution >= 0.6 is 12.4 Å². The third kappa shape index (κ3) is 7.40. The molecular weight excluding hydrogens is 388 g/mol. The minimum atomic E-state index is -1.08. The number of amides is 3. The van der Waals surface area contributed by atoms with Crippen molar-refractivity contribution in [2.45, 2.75) is 45.2 Å². The Kier molecular flexibility index (Phi) is 9.14. The second-order valence-electron chi connectivity index (χ2n) is 7.71. The lowest BCUT2D eigenvalue weighted by atomic mass is 9.99. The van der Waals surface area contributed by atoms with E-state index in [0.29, 0.717) is 11.6 Å². The lowest BCUT2D eigenvalue weighted by molar-refractivity contribution is -0.126. The maximum atomic E-state index is 12.5. The monoisotopic (exact) mass is 418 g/mol. The molecule has 0 saturated carbocycles. The number of para-hydroxylation sites is 1. The highest BCUT2D eigenvalue weighted by atomic mass is 35.5. The summed E-state index contributed by atoms with van der Waals surface area (Å²) in [6.07, 6.45) is 0.